The van der Waals surface area contributed by atoms with Crippen LogP contribution in [0.5, 0.6) is 11.5 Å². The Morgan fingerprint density at radius 1 is 0.262 bits per heavy atom. The van der Waals surface area contributed by atoms with E-state index in [0.29, 0.717) is 0 Å². The number of rotatable bonds is 8. The van der Waals surface area contributed by atoms with Crippen LogP contribution in [0.15, 0.2) is 243 Å². The summed E-state index contributed by atoms with van der Waals surface area (Å²) in [5.74, 6) is 1.67. The Balaban J connectivity index is 0.980. The number of para-hydroxylation sites is 4. The monoisotopic (exact) mass is 780 g/mol. The molecule has 0 radical (unpaired) electrons. The van der Waals surface area contributed by atoms with Crippen molar-refractivity contribution in [3.05, 3.63) is 243 Å². The summed E-state index contributed by atoms with van der Waals surface area (Å²) in [6.07, 6.45) is 0. The summed E-state index contributed by atoms with van der Waals surface area (Å²) in [5.41, 5.74) is 15.6. The van der Waals surface area contributed by atoms with Gasteiger partial charge in [0.1, 0.15) is 11.5 Å². The number of benzene rings is 10. The van der Waals surface area contributed by atoms with E-state index in [9.17, 15) is 0 Å². The normalized spacial score (nSPS) is 11.4. The van der Waals surface area contributed by atoms with Gasteiger partial charge < -0.3 is 14.5 Å². The van der Waals surface area contributed by atoms with Gasteiger partial charge in [-0.15, -0.1) is 0 Å². The number of anilines is 6. The second-order valence-electron chi connectivity index (χ2n) is 15.3. The van der Waals surface area contributed by atoms with Gasteiger partial charge in [-0.25, -0.2) is 0 Å². The van der Waals surface area contributed by atoms with Crippen LogP contribution in [0.25, 0.3) is 55.3 Å². The van der Waals surface area contributed by atoms with Crippen LogP contribution in [-0.2, 0) is 0 Å². The van der Waals surface area contributed by atoms with Crippen molar-refractivity contribution in [1.82, 2.24) is 0 Å². The Hall–Kier alpha value is -8.14. The summed E-state index contributed by atoms with van der Waals surface area (Å²) in [7, 11) is 0. The maximum Gasteiger partial charge on any atom is 0.135 e. The molecule has 10 aromatic rings. The topological polar surface area (TPSA) is 15.7 Å². The van der Waals surface area contributed by atoms with E-state index in [2.05, 4.69) is 252 Å². The summed E-state index contributed by atoms with van der Waals surface area (Å²) < 4.78 is 7.10. The van der Waals surface area contributed by atoms with E-state index in [1.165, 1.54) is 16.3 Å². The van der Waals surface area contributed by atoms with Crippen LogP contribution >= 0.6 is 0 Å². The molecule has 0 aromatic heterocycles. The lowest BCUT2D eigenvalue weighted by Gasteiger charge is -2.25. The Morgan fingerprint density at radius 2 is 0.623 bits per heavy atom. The van der Waals surface area contributed by atoms with Crippen LogP contribution < -0.4 is 14.5 Å². The highest BCUT2D eigenvalue weighted by molar-refractivity contribution is 6.07. The molecule has 0 spiro atoms. The second-order valence-corrected chi connectivity index (χ2v) is 15.3. The van der Waals surface area contributed by atoms with Crippen LogP contribution in [-0.4, -0.2) is 0 Å². The zero-order valence-corrected chi connectivity index (χ0v) is 33.4. The predicted octanol–water partition coefficient (Wildman–Crippen LogP) is 16.6. The molecular weight excluding hydrogens is 741 g/mol. The fourth-order valence-electron chi connectivity index (χ4n) is 8.71. The molecule has 3 nitrogen and oxygen atoms in total. The fourth-order valence-corrected chi connectivity index (χ4v) is 8.71. The number of ether oxygens (including phenoxy) is 1. The van der Waals surface area contributed by atoms with Gasteiger partial charge in [-0.2, -0.15) is 0 Å². The summed E-state index contributed by atoms with van der Waals surface area (Å²) in [4.78, 5) is 4.58. The lowest BCUT2D eigenvalue weighted by molar-refractivity contribution is 0.488. The molecule has 3 heteroatoms. The van der Waals surface area contributed by atoms with E-state index in [4.69, 9.17) is 4.74 Å². The molecule has 0 atom stereocenters. The SMILES string of the molecule is c1ccc(N(c2ccccc2)c2ccc(-c3ccc4c(c3)Oc3cc(-c5ccc(N(c6ccccc6)c6ccccc6)cc5)ccc3-c3c-4ccc4ccccc34)cc2)cc1. The number of fused-ring (bicyclic) bond motifs is 7. The average molecular weight is 781 g/mol. The molecule has 11 rings (SSSR count). The maximum atomic E-state index is 7.10. The van der Waals surface area contributed by atoms with Crippen LogP contribution in [0.3, 0.4) is 0 Å². The molecule has 0 amide bonds. The zero-order valence-electron chi connectivity index (χ0n) is 33.4. The molecule has 0 saturated carbocycles. The standard InChI is InChI=1S/C58H40N2O/c1-5-16-46(17-6-1)59(47-18-7-2-8-19-47)50-32-25-41(26-33-50)44-30-36-53-54-37-29-43-15-13-14-24-52(43)58(54)55-38-31-45(40-57(55)61-56(53)39-44)42-27-34-51(35-28-42)60(48-20-9-3-10-21-48)49-22-11-4-12-23-49/h1-40H. The molecule has 1 heterocycles. The van der Waals surface area contributed by atoms with Crippen LogP contribution in [0.1, 0.15) is 0 Å². The van der Waals surface area contributed by atoms with E-state index in [-0.39, 0.29) is 0 Å². The fraction of sp³-hybridized carbons (Fsp3) is 0. The maximum absolute atomic E-state index is 7.10. The van der Waals surface area contributed by atoms with Crippen LogP contribution in [0, 0.1) is 0 Å². The van der Waals surface area contributed by atoms with E-state index < -0.39 is 0 Å². The summed E-state index contributed by atoms with van der Waals surface area (Å²) in [6, 6.07) is 86.2. The predicted molar refractivity (Wildman–Crippen MR) is 255 cm³/mol. The van der Waals surface area contributed by atoms with Gasteiger partial charge in [0.2, 0.25) is 0 Å². The Kier molecular flexibility index (Phi) is 9.18. The average Bonchev–Trinajstić information content (AvgIpc) is 3.47. The minimum absolute atomic E-state index is 0.834. The van der Waals surface area contributed by atoms with Crippen molar-refractivity contribution in [3.63, 3.8) is 0 Å². The van der Waals surface area contributed by atoms with Crippen LogP contribution in [0.4, 0.5) is 34.1 Å². The molecule has 0 bridgehead atoms. The number of nitrogens with zero attached hydrogens (tertiary/aromatic N) is 2. The molecule has 0 N–H and O–H groups in total. The molecule has 0 unspecified atom stereocenters. The Morgan fingerprint density at radius 3 is 1.10 bits per heavy atom. The first-order valence-electron chi connectivity index (χ1n) is 20.7. The van der Waals surface area contributed by atoms with E-state index in [1.54, 1.807) is 0 Å². The molecule has 61 heavy (non-hydrogen) atoms. The molecule has 288 valence electrons. The number of hydrogen-bond acceptors (Lipinski definition) is 3. The summed E-state index contributed by atoms with van der Waals surface area (Å²) >= 11 is 0. The van der Waals surface area contributed by atoms with Crippen molar-refractivity contribution < 1.29 is 4.74 Å². The van der Waals surface area contributed by atoms with E-state index in [0.717, 1.165) is 84.6 Å². The van der Waals surface area contributed by atoms with Crippen molar-refractivity contribution >= 4 is 44.9 Å². The van der Waals surface area contributed by atoms with Gasteiger partial charge in [0, 0.05) is 50.8 Å². The minimum Gasteiger partial charge on any atom is -0.456 e. The van der Waals surface area contributed by atoms with Gasteiger partial charge in [-0.3, -0.25) is 0 Å². The van der Waals surface area contributed by atoms with Gasteiger partial charge in [0.15, 0.2) is 0 Å². The highest BCUT2D eigenvalue weighted by Crippen LogP contribution is 2.51. The quantitative estimate of drug-likeness (QED) is 0.153. The van der Waals surface area contributed by atoms with Crippen LogP contribution in [0.2, 0.25) is 0 Å². The van der Waals surface area contributed by atoms with Crippen molar-refractivity contribution in [2.45, 2.75) is 0 Å². The first-order valence-corrected chi connectivity index (χ1v) is 20.7. The lowest BCUT2D eigenvalue weighted by Crippen LogP contribution is -2.09. The van der Waals surface area contributed by atoms with Gasteiger partial charge in [-0.05, 0) is 136 Å². The van der Waals surface area contributed by atoms with Gasteiger partial charge in [0.25, 0.3) is 0 Å². The second kappa shape index (κ2) is 15.6. The smallest absolute Gasteiger partial charge is 0.135 e. The lowest BCUT2D eigenvalue weighted by atomic mass is 9.88. The van der Waals surface area contributed by atoms with Gasteiger partial charge >= 0.3 is 0 Å². The van der Waals surface area contributed by atoms with Crippen molar-refractivity contribution in [1.29, 1.82) is 0 Å². The first-order chi connectivity index (χ1) is 30.2. The highest BCUT2D eigenvalue weighted by atomic mass is 16.5. The zero-order chi connectivity index (χ0) is 40.5. The van der Waals surface area contributed by atoms with E-state index >= 15 is 0 Å². The van der Waals surface area contributed by atoms with Crippen molar-refractivity contribution in [3.8, 4) is 56.0 Å². The van der Waals surface area contributed by atoms with Crippen molar-refractivity contribution in [2.24, 2.45) is 0 Å². The number of hydrogen-bond donors (Lipinski definition) is 0. The third kappa shape index (κ3) is 6.78. The van der Waals surface area contributed by atoms with Gasteiger partial charge in [0.05, 0.1) is 0 Å². The largest absolute Gasteiger partial charge is 0.456 e. The van der Waals surface area contributed by atoms with Crippen molar-refractivity contribution in [2.75, 3.05) is 9.80 Å². The van der Waals surface area contributed by atoms with Gasteiger partial charge in [-0.1, -0.05) is 146 Å². The highest BCUT2D eigenvalue weighted by Gasteiger charge is 2.24. The summed E-state index contributed by atoms with van der Waals surface area (Å²) in [5, 5.41) is 2.41. The third-order valence-electron chi connectivity index (χ3n) is 11.6. The third-order valence-corrected chi connectivity index (χ3v) is 11.6. The first kappa shape index (κ1) is 36.0. The van der Waals surface area contributed by atoms with E-state index in [1.807, 2.05) is 0 Å². The summed E-state index contributed by atoms with van der Waals surface area (Å²) in [6.45, 7) is 0. The Labute approximate surface area is 356 Å². The molecule has 0 aliphatic carbocycles. The molecule has 0 fully saturated rings. The molecule has 0 saturated heterocycles. The molecular formula is C58H40N2O. The molecule has 1 aliphatic heterocycles. The minimum atomic E-state index is 0.834. The molecule has 10 aromatic carbocycles. The Bertz CT molecular complexity index is 3050. The molecule has 1 aliphatic rings.